The van der Waals surface area contributed by atoms with Crippen LogP contribution in [0.5, 0.6) is 5.75 Å². The predicted octanol–water partition coefficient (Wildman–Crippen LogP) is 5.56. The Kier molecular flexibility index (Phi) is 11.4. The number of aryl methyl sites for hydroxylation is 1. The maximum Gasteiger partial charge on any atom is 0.534 e. The summed E-state index contributed by atoms with van der Waals surface area (Å²) in [4.78, 5) is 12.0. The Morgan fingerprint density at radius 1 is 1.22 bits per heavy atom. The lowest BCUT2D eigenvalue weighted by Gasteiger charge is -2.14. The van der Waals surface area contributed by atoms with Crippen molar-refractivity contribution < 1.29 is 52.9 Å². The van der Waals surface area contributed by atoms with Crippen LogP contribution in [0, 0.1) is 24.5 Å². The lowest BCUT2D eigenvalue weighted by Crippen LogP contribution is -2.31. The number of benzene rings is 1. The van der Waals surface area contributed by atoms with E-state index in [0.717, 1.165) is 18.7 Å². The summed E-state index contributed by atoms with van der Waals surface area (Å²) in [5, 5.41) is 6.23. The topological polar surface area (TPSA) is 99.5 Å². The molecule has 1 aromatic carbocycles. The van der Waals surface area contributed by atoms with Crippen LogP contribution in [0.25, 0.3) is 0 Å². The molecule has 3 unspecified atom stereocenters. The summed E-state index contributed by atoms with van der Waals surface area (Å²) in [5.74, 6) is -4.88. The molecule has 0 spiro atoms. The number of ether oxygens (including phenoxy) is 1. The van der Waals surface area contributed by atoms with Crippen LogP contribution in [0.1, 0.15) is 46.4 Å². The molecule has 37 heavy (non-hydrogen) atoms. The highest BCUT2D eigenvalue weighted by atomic mass is 32.2. The number of alkyl halides is 5. The van der Waals surface area contributed by atoms with Gasteiger partial charge in [0.2, 0.25) is 5.82 Å². The first-order chi connectivity index (χ1) is 17.0. The van der Waals surface area contributed by atoms with Crippen LogP contribution in [0.2, 0.25) is 0 Å². The van der Waals surface area contributed by atoms with Gasteiger partial charge in [0.15, 0.2) is 11.6 Å². The van der Waals surface area contributed by atoms with Crippen molar-refractivity contribution in [3.8, 4) is 5.75 Å². The number of carbonyl (C=O) groups is 1. The van der Waals surface area contributed by atoms with Crippen LogP contribution >= 0.6 is 0 Å². The molecule has 1 aliphatic heterocycles. The zero-order valence-corrected chi connectivity index (χ0v) is 21.1. The first-order valence-electron chi connectivity index (χ1n) is 10.8. The van der Waals surface area contributed by atoms with Gasteiger partial charge in [-0.3, -0.25) is 4.79 Å². The number of anilines is 1. The fourth-order valence-electron chi connectivity index (χ4n) is 3.03. The quantitative estimate of drug-likeness (QED) is 0.290. The number of hydrogen-bond donors (Lipinski definition) is 1. The highest BCUT2D eigenvalue weighted by Crippen LogP contribution is 2.29. The van der Waals surface area contributed by atoms with Gasteiger partial charge in [-0.2, -0.15) is 39.9 Å². The molecule has 0 bridgehead atoms. The van der Waals surface area contributed by atoms with Crippen molar-refractivity contribution in [3.63, 3.8) is 0 Å². The van der Waals surface area contributed by atoms with Gasteiger partial charge in [0, 0.05) is 0 Å². The molecule has 210 valence electrons. The van der Waals surface area contributed by atoms with Crippen molar-refractivity contribution in [3.05, 3.63) is 41.7 Å². The Morgan fingerprint density at radius 3 is 2.27 bits per heavy atom. The lowest BCUT2D eigenvalue weighted by atomic mass is 10.0. The average molecular weight is 566 g/mol. The SMILES string of the molecule is CC.Cc1nn(C(F)F)cc1NC(=O)C1OC(C)CC1C.O=S(=O)(Oc1cccc(F)c1F)C(F)(F)F. The number of nitrogens with one attached hydrogen (secondary N) is 1. The Morgan fingerprint density at radius 2 is 1.81 bits per heavy atom. The van der Waals surface area contributed by atoms with Gasteiger partial charge in [-0.1, -0.05) is 26.8 Å². The molecule has 1 N–H and O–H groups in total. The molecular formula is C21H26F7N3O5S. The second-order valence-electron chi connectivity index (χ2n) is 7.49. The molecule has 8 nitrogen and oxygen atoms in total. The third-order valence-corrected chi connectivity index (χ3v) is 5.60. The molecule has 3 rings (SSSR count). The Bertz CT molecular complexity index is 1160. The Labute approximate surface area is 208 Å². The predicted molar refractivity (Wildman–Crippen MR) is 118 cm³/mol. The third kappa shape index (κ3) is 8.59. The third-order valence-electron chi connectivity index (χ3n) is 4.63. The molecule has 3 atom stereocenters. The van der Waals surface area contributed by atoms with Gasteiger partial charge < -0.3 is 14.2 Å². The fourth-order valence-corrected chi connectivity index (χ4v) is 3.49. The highest BCUT2D eigenvalue weighted by Gasteiger charge is 2.49. The van der Waals surface area contributed by atoms with E-state index < -0.39 is 45.7 Å². The van der Waals surface area contributed by atoms with Crippen LogP contribution in [-0.2, 0) is 19.6 Å². The van der Waals surface area contributed by atoms with Crippen LogP contribution in [0.4, 0.5) is 36.4 Å². The van der Waals surface area contributed by atoms with E-state index >= 15 is 0 Å². The molecule has 1 aliphatic rings. The summed E-state index contributed by atoms with van der Waals surface area (Å²) in [6.07, 6.45) is 1.44. The molecular weight excluding hydrogens is 539 g/mol. The number of nitrogens with zero attached hydrogens (tertiary/aromatic N) is 2. The van der Waals surface area contributed by atoms with Gasteiger partial charge in [0.1, 0.15) is 6.10 Å². The normalized spacial score (nSPS) is 19.4. The minimum atomic E-state index is -6.00. The van der Waals surface area contributed by atoms with Gasteiger partial charge in [0.25, 0.3) is 5.91 Å². The maximum absolute atomic E-state index is 12.8. The van der Waals surface area contributed by atoms with Crippen molar-refractivity contribution in [2.24, 2.45) is 5.92 Å². The Balaban J connectivity index is 0.000000352. The highest BCUT2D eigenvalue weighted by molar-refractivity contribution is 7.88. The number of carbonyl (C=O) groups excluding carboxylic acids is 1. The number of rotatable bonds is 5. The van der Waals surface area contributed by atoms with E-state index in [1.54, 1.807) is 6.92 Å². The van der Waals surface area contributed by atoms with E-state index in [2.05, 4.69) is 14.6 Å². The van der Waals surface area contributed by atoms with Crippen LogP contribution in [0.3, 0.4) is 0 Å². The van der Waals surface area contributed by atoms with Crippen LogP contribution in [-0.4, -0.2) is 41.8 Å². The van der Waals surface area contributed by atoms with Crippen molar-refractivity contribution in [2.45, 2.75) is 65.3 Å². The minimum Gasteiger partial charge on any atom is -0.373 e. The fraction of sp³-hybridized carbons (Fsp3) is 0.524. The smallest absolute Gasteiger partial charge is 0.373 e. The number of halogens is 7. The second-order valence-corrected chi connectivity index (χ2v) is 9.03. The first kappa shape index (κ1) is 32.1. The maximum atomic E-state index is 12.8. The van der Waals surface area contributed by atoms with Gasteiger partial charge in [-0.25, -0.2) is 9.07 Å². The summed E-state index contributed by atoms with van der Waals surface area (Å²) in [7, 11) is -6.00. The van der Waals surface area contributed by atoms with E-state index in [0.29, 0.717) is 28.2 Å². The zero-order valence-electron chi connectivity index (χ0n) is 20.3. The van der Waals surface area contributed by atoms with Crippen molar-refractivity contribution in [1.82, 2.24) is 9.78 Å². The summed E-state index contributed by atoms with van der Waals surface area (Å²) in [5.41, 5.74) is -5.06. The molecule has 0 saturated carbocycles. The molecule has 1 saturated heterocycles. The number of hydrogen-bond acceptors (Lipinski definition) is 6. The minimum absolute atomic E-state index is 0.0376. The average Bonchev–Trinajstić information content (AvgIpc) is 3.33. The van der Waals surface area contributed by atoms with Crippen LogP contribution < -0.4 is 9.50 Å². The summed E-state index contributed by atoms with van der Waals surface area (Å²) in [6, 6.07) is 1.96. The van der Waals surface area contributed by atoms with Gasteiger partial charge in [-0.05, 0) is 38.3 Å². The van der Waals surface area contributed by atoms with Crippen molar-refractivity contribution >= 4 is 21.7 Å². The monoisotopic (exact) mass is 565 g/mol. The molecule has 2 aromatic rings. The van der Waals surface area contributed by atoms with E-state index in [1.807, 2.05) is 27.7 Å². The molecule has 0 radical (unpaired) electrons. The van der Waals surface area contributed by atoms with Crippen molar-refractivity contribution in [2.75, 3.05) is 5.32 Å². The molecule has 1 aromatic heterocycles. The van der Waals surface area contributed by atoms with Crippen LogP contribution in [0.15, 0.2) is 24.4 Å². The van der Waals surface area contributed by atoms with E-state index in [1.165, 1.54) is 0 Å². The van der Waals surface area contributed by atoms with Gasteiger partial charge in [-0.15, -0.1) is 0 Å². The summed E-state index contributed by atoms with van der Waals surface area (Å²) < 4.78 is 116. The number of amides is 1. The molecule has 1 fully saturated rings. The first-order valence-corrected chi connectivity index (χ1v) is 12.2. The van der Waals surface area contributed by atoms with Gasteiger partial charge >= 0.3 is 22.2 Å². The second kappa shape index (κ2) is 13.1. The zero-order chi connectivity index (χ0) is 28.7. The van der Waals surface area contributed by atoms with E-state index in [9.17, 15) is 43.9 Å². The molecule has 2 heterocycles. The van der Waals surface area contributed by atoms with E-state index in [-0.39, 0.29) is 17.9 Å². The molecule has 0 aliphatic carbocycles. The summed E-state index contributed by atoms with van der Waals surface area (Å²) >= 11 is 0. The Hall–Kier alpha value is -2.88. The largest absolute Gasteiger partial charge is 0.534 e. The lowest BCUT2D eigenvalue weighted by molar-refractivity contribution is -0.127. The van der Waals surface area contributed by atoms with Crippen molar-refractivity contribution in [1.29, 1.82) is 0 Å². The standard InChI is InChI=1S/C12H17F2N3O2.C7H3F5O3S.C2H6/c1-6-4-7(2)19-10(6)11(18)15-9-5-17(12(13)14)16-8(9)3;8-4-2-1-3-5(6(4)9)15-16(13,14)7(10,11)12;1-2/h5-7,10,12H,4H2,1-3H3,(H,15,18);1-3H;1-2H3. The van der Waals surface area contributed by atoms with E-state index in [4.69, 9.17) is 4.74 Å². The van der Waals surface area contributed by atoms with Gasteiger partial charge in [0.05, 0.1) is 23.7 Å². The molecule has 16 heteroatoms. The number of aromatic nitrogens is 2. The molecule has 1 amide bonds. The summed E-state index contributed by atoms with van der Waals surface area (Å²) in [6.45, 7) is 6.69.